The number of carbonyl (C=O) groups is 1. The quantitative estimate of drug-likeness (QED) is 0.532. The summed E-state index contributed by atoms with van der Waals surface area (Å²) in [6, 6.07) is 6.67. The molecule has 0 radical (unpaired) electrons. The average molecular weight is 487 g/mol. The summed E-state index contributed by atoms with van der Waals surface area (Å²) in [5.41, 5.74) is 7.03. The number of primary amides is 1. The van der Waals surface area contributed by atoms with Gasteiger partial charge in [0.05, 0.1) is 5.56 Å². The Morgan fingerprint density at radius 3 is 2.33 bits per heavy atom. The molecule has 1 heterocycles. The van der Waals surface area contributed by atoms with Crippen LogP contribution in [0.2, 0.25) is 5.02 Å². The number of piperidine rings is 1. The first-order valence-electron chi connectivity index (χ1n) is 10.6. The zero-order chi connectivity index (χ0) is 23.8. The zero-order valence-corrected chi connectivity index (χ0v) is 18.4. The predicted molar refractivity (Wildman–Crippen MR) is 114 cm³/mol. The normalized spacial score (nSPS) is 17.7. The summed E-state index contributed by atoms with van der Waals surface area (Å²) < 4.78 is 61.6. The summed E-state index contributed by atoms with van der Waals surface area (Å²) in [7, 11) is 0. The van der Waals surface area contributed by atoms with Gasteiger partial charge >= 0.3 is 6.36 Å². The van der Waals surface area contributed by atoms with Crippen LogP contribution in [0.25, 0.3) is 0 Å². The van der Waals surface area contributed by atoms with Gasteiger partial charge in [0.25, 0.3) is 5.91 Å². The fourth-order valence-corrected chi connectivity index (χ4v) is 4.36. The number of rotatable bonds is 7. The van der Waals surface area contributed by atoms with Crippen LogP contribution in [0.15, 0.2) is 30.3 Å². The van der Waals surface area contributed by atoms with Gasteiger partial charge in [0.15, 0.2) is 0 Å². The molecule has 2 aliphatic rings. The number of nitrogens with zero attached hydrogens (tertiary/aromatic N) is 1. The van der Waals surface area contributed by atoms with Crippen molar-refractivity contribution in [1.29, 1.82) is 0 Å². The van der Waals surface area contributed by atoms with Crippen LogP contribution in [0.4, 0.5) is 17.6 Å². The lowest BCUT2D eigenvalue weighted by Crippen LogP contribution is -2.38. The maximum absolute atomic E-state index is 14.4. The molecule has 1 saturated carbocycles. The van der Waals surface area contributed by atoms with E-state index in [0.717, 1.165) is 36.1 Å². The van der Waals surface area contributed by atoms with Crippen molar-refractivity contribution in [3.8, 4) is 11.5 Å². The maximum atomic E-state index is 14.4. The molecule has 0 bridgehead atoms. The lowest BCUT2D eigenvalue weighted by Gasteiger charge is -2.32. The van der Waals surface area contributed by atoms with Crippen LogP contribution in [0, 0.1) is 5.82 Å². The molecular formula is C23H23ClF4N2O3. The SMILES string of the molecule is NC(=O)c1cc(C2CC2)c(CN2CCC(Oc3cc(Cl)cc(OC(F)(F)F)c3)CC2)cc1F. The molecule has 33 heavy (non-hydrogen) atoms. The van der Waals surface area contributed by atoms with E-state index in [1.54, 1.807) is 6.07 Å². The second-order valence-corrected chi connectivity index (χ2v) is 8.87. The van der Waals surface area contributed by atoms with Crippen molar-refractivity contribution in [3.05, 3.63) is 57.9 Å². The molecule has 2 aromatic carbocycles. The third kappa shape index (κ3) is 6.29. The highest BCUT2D eigenvalue weighted by Crippen LogP contribution is 2.43. The molecule has 0 atom stereocenters. The molecular weight excluding hydrogens is 464 g/mol. The van der Waals surface area contributed by atoms with Crippen LogP contribution in [-0.2, 0) is 6.54 Å². The molecule has 5 nitrogen and oxygen atoms in total. The highest BCUT2D eigenvalue weighted by atomic mass is 35.5. The van der Waals surface area contributed by atoms with Gasteiger partial charge in [0.2, 0.25) is 0 Å². The Morgan fingerprint density at radius 1 is 1.06 bits per heavy atom. The molecule has 1 aliphatic heterocycles. The maximum Gasteiger partial charge on any atom is 0.573 e. The number of halogens is 5. The number of ether oxygens (including phenoxy) is 2. The third-order valence-electron chi connectivity index (χ3n) is 5.82. The van der Waals surface area contributed by atoms with Crippen molar-refractivity contribution in [2.45, 2.75) is 50.6 Å². The molecule has 2 fully saturated rings. The van der Waals surface area contributed by atoms with Gasteiger partial charge in [-0.15, -0.1) is 13.2 Å². The van der Waals surface area contributed by atoms with E-state index in [9.17, 15) is 22.4 Å². The molecule has 0 aromatic heterocycles. The highest BCUT2D eigenvalue weighted by Gasteiger charge is 2.32. The van der Waals surface area contributed by atoms with Crippen molar-refractivity contribution >= 4 is 17.5 Å². The minimum atomic E-state index is -4.82. The van der Waals surface area contributed by atoms with Crippen LogP contribution in [0.5, 0.6) is 11.5 Å². The zero-order valence-electron chi connectivity index (χ0n) is 17.6. The van der Waals surface area contributed by atoms with Crippen LogP contribution < -0.4 is 15.2 Å². The van der Waals surface area contributed by atoms with Gasteiger partial charge < -0.3 is 15.2 Å². The largest absolute Gasteiger partial charge is 0.573 e. The van der Waals surface area contributed by atoms with E-state index in [2.05, 4.69) is 9.64 Å². The van der Waals surface area contributed by atoms with Crippen LogP contribution in [-0.4, -0.2) is 36.4 Å². The number of hydrogen-bond acceptors (Lipinski definition) is 4. The van der Waals surface area contributed by atoms with E-state index in [1.807, 2.05) is 0 Å². The van der Waals surface area contributed by atoms with Gasteiger partial charge in [0.1, 0.15) is 23.4 Å². The lowest BCUT2D eigenvalue weighted by atomic mass is 9.97. The standard InChI is InChI=1S/C23H23ClF4N2O3/c24-15-8-17(10-18(9-15)33-23(26,27)28)32-16-3-5-30(6-4-16)12-14-7-21(25)20(22(29)31)11-19(14)13-1-2-13/h7-11,13,16H,1-6,12H2,(H2,29,31). The van der Waals surface area contributed by atoms with E-state index < -0.39 is 23.8 Å². The first-order chi connectivity index (χ1) is 15.6. The van der Waals surface area contributed by atoms with E-state index in [-0.39, 0.29) is 22.4 Å². The Hall–Kier alpha value is -2.52. The van der Waals surface area contributed by atoms with Gasteiger partial charge in [-0.2, -0.15) is 0 Å². The molecule has 4 rings (SSSR count). The van der Waals surface area contributed by atoms with Crippen LogP contribution in [0.3, 0.4) is 0 Å². The highest BCUT2D eigenvalue weighted by molar-refractivity contribution is 6.30. The third-order valence-corrected chi connectivity index (χ3v) is 6.04. The summed E-state index contributed by atoms with van der Waals surface area (Å²) in [6.45, 7) is 1.87. The topological polar surface area (TPSA) is 64.8 Å². The molecule has 1 aliphatic carbocycles. The van der Waals surface area contributed by atoms with Crippen molar-refractivity contribution in [1.82, 2.24) is 4.90 Å². The number of carbonyl (C=O) groups excluding carboxylic acids is 1. The predicted octanol–water partition coefficient (Wildman–Crippen LogP) is 5.40. The van der Waals surface area contributed by atoms with Gasteiger partial charge in [-0.05, 0) is 67.0 Å². The van der Waals surface area contributed by atoms with E-state index >= 15 is 0 Å². The molecule has 10 heteroatoms. The molecule has 178 valence electrons. The average Bonchev–Trinajstić information content (AvgIpc) is 3.52. The number of amides is 1. The minimum absolute atomic E-state index is 0.0804. The van der Waals surface area contributed by atoms with Gasteiger partial charge in [-0.3, -0.25) is 9.69 Å². The Balaban J connectivity index is 1.37. The van der Waals surface area contributed by atoms with Crippen molar-refractivity contribution < 1.29 is 31.8 Å². The first-order valence-corrected chi connectivity index (χ1v) is 11.0. The summed E-state index contributed by atoms with van der Waals surface area (Å²) in [6.07, 6.45) is -1.72. The van der Waals surface area contributed by atoms with Gasteiger partial charge in [-0.25, -0.2) is 4.39 Å². The fraction of sp³-hybridized carbons (Fsp3) is 0.435. The minimum Gasteiger partial charge on any atom is -0.490 e. The number of nitrogens with two attached hydrogens (primary N) is 1. The number of hydrogen-bond donors (Lipinski definition) is 1. The lowest BCUT2D eigenvalue weighted by molar-refractivity contribution is -0.274. The summed E-state index contributed by atoms with van der Waals surface area (Å²) in [5.74, 6) is -1.28. The fourth-order valence-electron chi connectivity index (χ4n) is 4.15. The van der Waals surface area contributed by atoms with Crippen LogP contribution in [0.1, 0.15) is 53.1 Å². The number of likely N-dealkylation sites (tertiary alicyclic amines) is 1. The van der Waals surface area contributed by atoms with Gasteiger partial charge in [0, 0.05) is 30.7 Å². The van der Waals surface area contributed by atoms with E-state index in [1.165, 1.54) is 12.1 Å². The Bertz CT molecular complexity index is 1040. The smallest absolute Gasteiger partial charge is 0.490 e. The molecule has 0 spiro atoms. The Morgan fingerprint density at radius 2 is 1.73 bits per heavy atom. The monoisotopic (exact) mass is 486 g/mol. The summed E-state index contributed by atoms with van der Waals surface area (Å²) in [4.78, 5) is 13.7. The number of benzene rings is 2. The van der Waals surface area contributed by atoms with Crippen molar-refractivity contribution in [2.24, 2.45) is 5.73 Å². The molecule has 2 aromatic rings. The van der Waals surface area contributed by atoms with Crippen molar-refractivity contribution in [2.75, 3.05) is 13.1 Å². The van der Waals surface area contributed by atoms with E-state index in [4.69, 9.17) is 22.1 Å². The molecule has 2 N–H and O–H groups in total. The van der Waals surface area contributed by atoms with Crippen molar-refractivity contribution in [3.63, 3.8) is 0 Å². The summed E-state index contributed by atoms with van der Waals surface area (Å²) in [5, 5.41) is 0.0817. The Labute approximate surface area is 193 Å². The molecule has 1 saturated heterocycles. The molecule has 1 amide bonds. The van der Waals surface area contributed by atoms with Crippen LogP contribution >= 0.6 is 11.6 Å². The Kier molecular flexibility index (Phi) is 6.72. The molecule has 0 unspecified atom stereocenters. The van der Waals surface area contributed by atoms with E-state index in [0.29, 0.717) is 38.4 Å². The van der Waals surface area contributed by atoms with Gasteiger partial charge in [-0.1, -0.05) is 11.6 Å². The second kappa shape index (κ2) is 9.38. The second-order valence-electron chi connectivity index (χ2n) is 8.43. The number of alkyl halides is 3. The summed E-state index contributed by atoms with van der Waals surface area (Å²) >= 11 is 5.90. The first kappa shape index (κ1) is 23.6.